The molecule has 0 bridgehead atoms. The lowest BCUT2D eigenvalue weighted by molar-refractivity contribution is -0.121. The fraction of sp³-hybridized carbons (Fsp3) is 0.444. The van der Waals surface area contributed by atoms with Crippen molar-refractivity contribution in [3.63, 3.8) is 0 Å². The van der Waals surface area contributed by atoms with Crippen molar-refractivity contribution in [2.24, 2.45) is 0 Å². The molecule has 7 heteroatoms. The van der Waals surface area contributed by atoms with E-state index in [1.54, 1.807) is 25.4 Å². The van der Waals surface area contributed by atoms with Crippen LogP contribution in [-0.2, 0) is 11.2 Å². The molecular formula is C18H23N5O2. The number of H-pyrrole nitrogens is 1. The molecule has 1 fully saturated rings. The molecule has 1 aliphatic heterocycles. The lowest BCUT2D eigenvalue weighted by atomic mass is 10.1. The summed E-state index contributed by atoms with van der Waals surface area (Å²) < 4.78 is 0. The topological polar surface area (TPSA) is 99.8 Å². The van der Waals surface area contributed by atoms with Gasteiger partial charge in [-0.15, -0.1) is 0 Å². The van der Waals surface area contributed by atoms with Gasteiger partial charge in [-0.05, 0) is 44.9 Å². The number of hydrogen-bond acceptors (Lipinski definition) is 5. The molecule has 2 aromatic heterocycles. The van der Waals surface area contributed by atoms with E-state index in [1.807, 2.05) is 6.07 Å². The van der Waals surface area contributed by atoms with Crippen LogP contribution in [0.3, 0.4) is 0 Å². The molecule has 3 heterocycles. The molecule has 132 valence electrons. The standard InChI is InChI=1S/C18H23N5O2/c1-12-15(6-7-16(24)22-14-5-3-9-20-11-14)18(25)23-17(21-12)13-4-2-8-19-10-13/h2,4,8,10,14,20H,3,5-7,9,11H2,1H3,(H,22,24)(H,21,23,25)/t14-/m0/s1. The van der Waals surface area contributed by atoms with Gasteiger partial charge in [0.15, 0.2) is 0 Å². The van der Waals surface area contributed by atoms with Crippen LogP contribution in [0.4, 0.5) is 0 Å². The minimum absolute atomic E-state index is 0.0242. The Labute approximate surface area is 146 Å². The number of rotatable bonds is 5. The second kappa shape index (κ2) is 8.02. The molecule has 2 aromatic rings. The van der Waals surface area contributed by atoms with Crippen LogP contribution >= 0.6 is 0 Å². The molecule has 0 spiro atoms. The van der Waals surface area contributed by atoms with Crippen molar-refractivity contribution < 1.29 is 4.79 Å². The lowest BCUT2D eigenvalue weighted by Crippen LogP contribution is -2.45. The van der Waals surface area contributed by atoms with E-state index in [2.05, 4.69) is 25.6 Å². The number of aromatic amines is 1. The molecule has 25 heavy (non-hydrogen) atoms. The highest BCUT2D eigenvalue weighted by atomic mass is 16.1. The third-order valence-electron chi connectivity index (χ3n) is 4.42. The number of piperidine rings is 1. The highest BCUT2D eigenvalue weighted by Gasteiger charge is 2.16. The van der Waals surface area contributed by atoms with Gasteiger partial charge in [-0.3, -0.25) is 14.6 Å². The fourth-order valence-electron chi connectivity index (χ4n) is 3.06. The van der Waals surface area contributed by atoms with Crippen molar-refractivity contribution in [2.75, 3.05) is 13.1 Å². The van der Waals surface area contributed by atoms with E-state index >= 15 is 0 Å². The summed E-state index contributed by atoms with van der Waals surface area (Å²) in [4.78, 5) is 35.8. The summed E-state index contributed by atoms with van der Waals surface area (Å²) in [5, 5.41) is 6.29. The van der Waals surface area contributed by atoms with Crippen LogP contribution in [0, 0.1) is 6.92 Å². The molecule has 1 aliphatic rings. The predicted octanol–water partition coefficient (Wildman–Crippen LogP) is 0.941. The summed E-state index contributed by atoms with van der Waals surface area (Å²) >= 11 is 0. The van der Waals surface area contributed by atoms with Crippen molar-refractivity contribution in [1.82, 2.24) is 25.6 Å². The average molecular weight is 341 g/mol. The van der Waals surface area contributed by atoms with Crippen molar-refractivity contribution in [3.05, 3.63) is 46.1 Å². The Morgan fingerprint density at radius 1 is 1.44 bits per heavy atom. The van der Waals surface area contributed by atoms with E-state index in [-0.39, 0.29) is 23.9 Å². The van der Waals surface area contributed by atoms with Gasteiger partial charge in [0.1, 0.15) is 5.82 Å². The summed E-state index contributed by atoms with van der Waals surface area (Å²) in [6, 6.07) is 3.82. The number of nitrogens with one attached hydrogen (secondary N) is 3. The number of aryl methyl sites for hydroxylation is 1. The largest absolute Gasteiger partial charge is 0.352 e. The SMILES string of the molecule is Cc1nc(-c2cccnc2)[nH]c(=O)c1CCC(=O)N[C@H]1CCCNC1. The van der Waals surface area contributed by atoms with Crippen LogP contribution in [0.1, 0.15) is 30.5 Å². The van der Waals surface area contributed by atoms with Crippen LogP contribution in [-0.4, -0.2) is 40.0 Å². The molecule has 1 saturated heterocycles. The maximum Gasteiger partial charge on any atom is 0.254 e. The quantitative estimate of drug-likeness (QED) is 0.752. The van der Waals surface area contributed by atoms with E-state index < -0.39 is 0 Å². The van der Waals surface area contributed by atoms with Crippen LogP contribution in [0.25, 0.3) is 11.4 Å². The van der Waals surface area contributed by atoms with Crippen molar-refractivity contribution >= 4 is 5.91 Å². The zero-order valence-corrected chi connectivity index (χ0v) is 14.3. The Bertz CT molecular complexity index is 782. The molecule has 0 aliphatic carbocycles. The number of pyridine rings is 1. The van der Waals surface area contributed by atoms with Gasteiger partial charge in [0.25, 0.3) is 5.56 Å². The summed E-state index contributed by atoms with van der Waals surface area (Å²) in [6.45, 7) is 3.62. The molecule has 3 N–H and O–H groups in total. The summed E-state index contributed by atoms with van der Waals surface area (Å²) in [7, 11) is 0. The van der Waals surface area contributed by atoms with Gasteiger partial charge in [0, 0.05) is 48.2 Å². The molecule has 1 amide bonds. The first-order chi connectivity index (χ1) is 12.1. The third kappa shape index (κ3) is 4.51. The highest BCUT2D eigenvalue weighted by Crippen LogP contribution is 2.13. The van der Waals surface area contributed by atoms with E-state index in [0.717, 1.165) is 31.5 Å². The van der Waals surface area contributed by atoms with E-state index in [9.17, 15) is 9.59 Å². The van der Waals surface area contributed by atoms with Crippen molar-refractivity contribution in [2.45, 2.75) is 38.6 Å². The number of amides is 1. The van der Waals surface area contributed by atoms with Crippen LogP contribution < -0.4 is 16.2 Å². The highest BCUT2D eigenvalue weighted by molar-refractivity contribution is 5.76. The fourth-order valence-corrected chi connectivity index (χ4v) is 3.06. The van der Waals surface area contributed by atoms with Gasteiger partial charge in [-0.2, -0.15) is 0 Å². The van der Waals surface area contributed by atoms with Crippen molar-refractivity contribution in [3.8, 4) is 11.4 Å². The van der Waals surface area contributed by atoms with Crippen molar-refractivity contribution in [1.29, 1.82) is 0 Å². The number of aromatic nitrogens is 3. The minimum Gasteiger partial charge on any atom is -0.352 e. The zero-order valence-electron chi connectivity index (χ0n) is 14.3. The van der Waals surface area contributed by atoms with Crippen LogP contribution in [0.15, 0.2) is 29.3 Å². The molecule has 7 nitrogen and oxygen atoms in total. The minimum atomic E-state index is -0.196. The zero-order chi connectivity index (χ0) is 17.6. The Kier molecular flexibility index (Phi) is 5.55. The molecule has 0 unspecified atom stereocenters. The molecule has 0 radical (unpaired) electrons. The predicted molar refractivity (Wildman–Crippen MR) is 95.2 cm³/mol. The number of carbonyl (C=O) groups is 1. The van der Waals surface area contributed by atoms with Gasteiger partial charge >= 0.3 is 0 Å². The Hall–Kier alpha value is -2.54. The number of nitrogens with zero attached hydrogens (tertiary/aromatic N) is 2. The molecule has 3 rings (SSSR count). The average Bonchev–Trinajstić information content (AvgIpc) is 2.62. The monoisotopic (exact) mass is 341 g/mol. The van der Waals surface area contributed by atoms with Gasteiger partial charge in [0.2, 0.25) is 5.91 Å². The number of carbonyl (C=O) groups excluding carboxylic acids is 1. The molecule has 0 saturated carbocycles. The van der Waals surface area contributed by atoms with E-state index in [4.69, 9.17) is 0 Å². The molecule has 0 aromatic carbocycles. The third-order valence-corrected chi connectivity index (χ3v) is 4.42. The smallest absolute Gasteiger partial charge is 0.254 e. The molecular weight excluding hydrogens is 318 g/mol. The normalized spacial score (nSPS) is 17.2. The number of hydrogen-bond donors (Lipinski definition) is 3. The van der Waals surface area contributed by atoms with E-state index in [1.165, 1.54) is 0 Å². The van der Waals surface area contributed by atoms with Gasteiger partial charge in [-0.25, -0.2) is 4.98 Å². The maximum absolute atomic E-state index is 12.4. The summed E-state index contributed by atoms with van der Waals surface area (Å²) in [6.07, 6.45) is 6.07. The second-order valence-electron chi connectivity index (χ2n) is 6.33. The van der Waals surface area contributed by atoms with Crippen LogP contribution in [0.2, 0.25) is 0 Å². The Morgan fingerprint density at radius 3 is 3.00 bits per heavy atom. The Balaban J connectivity index is 1.64. The Morgan fingerprint density at radius 2 is 2.32 bits per heavy atom. The van der Waals surface area contributed by atoms with Gasteiger partial charge in [-0.1, -0.05) is 0 Å². The van der Waals surface area contributed by atoms with E-state index in [0.29, 0.717) is 23.5 Å². The summed E-state index contributed by atoms with van der Waals surface area (Å²) in [5.74, 6) is 0.473. The summed E-state index contributed by atoms with van der Waals surface area (Å²) in [5.41, 5.74) is 1.77. The first-order valence-corrected chi connectivity index (χ1v) is 8.64. The first kappa shape index (κ1) is 17.3. The van der Waals surface area contributed by atoms with Gasteiger partial charge in [0.05, 0.1) is 0 Å². The van der Waals surface area contributed by atoms with Gasteiger partial charge < -0.3 is 15.6 Å². The second-order valence-corrected chi connectivity index (χ2v) is 6.33. The maximum atomic E-state index is 12.4. The molecule has 1 atom stereocenters. The van der Waals surface area contributed by atoms with Crippen LogP contribution in [0.5, 0.6) is 0 Å². The first-order valence-electron chi connectivity index (χ1n) is 8.64. The lowest BCUT2D eigenvalue weighted by Gasteiger charge is -2.23.